The Morgan fingerprint density at radius 2 is 0.672 bits per heavy atom. The van der Waals surface area contributed by atoms with Crippen LogP contribution in [0.25, 0.3) is 0 Å². The summed E-state index contributed by atoms with van der Waals surface area (Å²) in [4.78, 5) is 29.3. The topological polar surface area (TPSA) is 74.3 Å². The van der Waals surface area contributed by atoms with Crippen molar-refractivity contribution >= 4 is 12.3 Å². The molecule has 64 heavy (non-hydrogen) atoms. The molecule has 334 valence electrons. The van der Waals surface area contributed by atoms with E-state index in [1.54, 1.807) is 0 Å². The lowest BCUT2D eigenvalue weighted by molar-refractivity contribution is 0.0188. The van der Waals surface area contributed by atoms with Crippen LogP contribution in [-0.4, -0.2) is 35.5 Å². The Kier molecular flexibility index (Phi) is 15.2. The third kappa shape index (κ3) is 12.5. The van der Waals surface area contributed by atoms with Gasteiger partial charge in [-0.1, -0.05) is 173 Å². The summed E-state index contributed by atoms with van der Waals surface area (Å²) in [5.41, 5.74) is 8.74. The van der Waals surface area contributed by atoms with Gasteiger partial charge >= 0.3 is 12.3 Å². The van der Waals surface area contributed by atoms with Gasteiger partial charge in [0.25, 0.3) is 0 Å². The zero-order valence-corrected chi connectivity index (χ0v) is 39.5. The van der Waals surface area contributed by atoms with Gasteiger partial charge in [-0.25, -0.2) is 9.59 Å². The first-order chi connectivity index (χ1) is 30.4. The largest absolute Gasteiger partial charge is 0.514 e. The summed E-state index contributed by atoms with van der Waals surface area (Å²) < 4.78 is 24.0. The van der Waals surface area contributed by atoms with Gasteiger partial charge in [0.15, 0.2) is 0 Å². The van der Waals surface area contributed by atoms with Gasteiger partial charge < -0.3 is 18.9 Å². The maximum absolute atomic E-state index is 13.5. The molecule has 7 nitrogen and oxygen atoms in total. The normalized spacial score (nSPS) is 13.7. The molecular weight excluding hydrogens is 795 g/mol. The lowest BCUT2D eigenvalue weighted by Gasteiger charge is -2.28. The van der Waals surface area contributed by atoms with Gasteiger partial charge in [0.05, 0.1) is 0 Å². The van der Waals surface area contributed by atoms with Crippen LogP contribution in [0.15, 0.2) is 146 Å². The zero-order valence-electron chi connectivity index (χ0n) is 39.5. The smallest absolute Gasteiger partial charge is 0.428 e. The van der Waals surface area contributed by atoms with Crippen LogP contribution < -0.4 is 9.47 Å². The second-order valence-electron chi connectivity index (χ2n) is 19.0. The minimum Gasteiger partial charge on any atom is -0.428 e. The quantitative estimate of drug-likeness (QED) is 0.0798. The van der Waals surface area contributed by atoms with E-state index in [1.165, 1.54) is 0 Å². The van der Waals surface area contributed by atoms with Crippen LogP contribution in [-0.2, 0) is 22.6 Å². The molecule has 0 aliphatic heterocycles. The van der Waals surface area contributed by atoms with Crippen molar-refractivity contribution in [2.75, 3.05) is 7.05 Å². The third-order valence-electron chi connectivity index (χ3n) is 11.5. The summed E-state index contributed by atoms with van der Waals surface area (Å²) in [6, 6.07) is 49.9. The Labute approximate surface area is 381 Å². The molecule has 0 spiro atoms. The average molecular weight is 860 g/mol. The van der Waals surface area contributed by atoms with E-state index in [9.17, 15) is 9.59 Å². The first-order valence-corrected chi connectivity index (χ1v) is 22.4. The molecule has 0 saturated heterocycles. The van der Waals surface area contributed by atoms with E-state index in [-0.39, 0.29) is 23.7 Å². The van der Waals surface area contributed by atoms with Gasteiger partial charge in [-0.15, -0.1) is 0 Å². The maximum Gasteiger partial charge on any atom is 0.514 e. The number of nitrogens with zero attached hydrogens (tertiary/aromatic N) is 1. The van der Waals surface area contributed by atoms with Gasteiger partial charge in [0, 0.05) is 59.0 Å². The number of hydrogen-bond acceptors (Lipinski definition) is 7. The Hall–Kier alpha value is -6.18. The number of rotatable bonds is 14. The van der Waals surface area contributed by atoms with E-state index in [0.717, 1.165) is 55.6 Å². The van der Waals surface area contributed by atoms with Crippen molar-refractivity contribution in [1.29, 1.82) is 0 Å². The number of benzene rings is 6. The number of carbonyl (C=O) groups is 2. The van der Waals surface area contributed by atoms with E-state index >= 15 is 0 Å². The van der Waals surface area contributed by atoms with Crippen LogP contribution in [0.2, 0.25) is 0 Å². The standard InChI is InChI=1S/C57H65NO6/c1-38(44-24-16-12-17-25-44)48-32-42(33-49(39(2)45-26-18-13-19-27-45)52(48)61-54(59)63-56(5,6)7)36-58(11)37-43-34-50(40(3)46-28-20-14-21-29-46)53(62-55(60)64-57(8,9)10)51(35-43)41(4)47-30-22-15-23-31-47/h12-35,38-41H,36-37H2,1-11H3. The molecule has 7 heteroatoms. The predicted molar refractivity (Wildman–Crippen MR) is 258 cm³/mol. The molecular formula is C57H65NO6. The van der Waals surface area contributed by atoms with E-state index in [0.29, 0.717) is 24.6 Å². The molecule has 0 aliphatic rings. The molecule has 0 heterocycles. The molecule has 0 radical (unpaired) electrons. The molecule has 0 amide bonds. The Bertz CT molecular complexity index is 2160. The zero-order chi connectivity index (χ0) is 46.2. The summed E-state index contributed by atoms with van der Waals surface area (Å²) >= 11 is 0. The van der Waals surface area contributed by atoms with Crippen molar-refractivity contribution < 1.29 is 28.5 Å². The fourth-order valence-corrected chi connectivity index (χ4v) is 8.26. The van der Waals surface area contributed by atoms with Crippen molar-refractivity contribution in [3.63, 3.8) is 0 Å². The number of carbonyl (C=O) groups excluding carboxylic acids is 2. The molecule has 0 saturated carbocycles. The van der Waals surface area contributed by atoms with Crippen molar-refractivity contribution in [3.05, 3.63) is 201 Å². The molecule has 0 bridgehead atoms. The highest BCUT2D eigenvalue weighted by Gasteiger charge is 2.29. The second kappa shape index (κ2) is 20.5. The molecule has 0 fully saturated rings. The Balaban J connectivity index is 1.46. The molecule has 4 atom stereocenters. The summed E-state index contributed by atoms with van der Waals surface area (Å²) in [6.07, 6.45) is -1.47. The first-order valence-electron chi connectivity index (χ1n) is 22.4. The highest BCUT2D eigenvalue weighted by Crippen LogP contribution is 2.43. The van der Waals surface area contributed by atoms with Gasteiger partial charge in [-0.05, 0) is 82.0 Å². The molecule has 0 aliphatic carbocycles. The number of hydrogen-bond donors (Lipinski definition) is 0. The van der Waals surface area contributed by atoms with E-state index in [2.05, 4.69) is 112 Å². The van der Waals surface area contributed by atoms with E-state index in [1.807, 2.05) is 114 Å². The summed E-state index contributed by atoms with van der Waals surface area (Å²) in [6.45, 7) is 20.9. The van der Waals surface area contributed by atoms with Gasteiger partial charge in [-0.2, -0.15) is 0 Å². The van der Waals surface area contributed by atoms with Crippen molar-refractivity contribution in [1.82, 2.24) is 4.90 Å². The van der Waals surface area contributed by atoms with Gasteiger partial charge in [0.1, 0.15) is 22.7 Å². The average Bonchev–Trinajstić information content (AvgIpc) is 3.26. The van der Waals surface area contributed by atoms with Gasteiger partial charge in [0.2, 0.25) is 0 Å². The minimum atomic E-state index is -0.736. The third-order valence-corrected chi connectivity index (χ3v) is 11.5. The monoisotopic (exact) mass is 859 g/mol. The molecule has 6 aromatic rings. The van der Waals surface area contributed by atoms with Gasteiger partial charge in [-0.3, -0.25) is 4.90 Å². The Morgan fingerprint density at radius 1 is 0.438 bits per heavy atom. The molecule has 6 aromatic carbocycles. The predicted octanol–water partition coefficient (Wildman–Crippen LogP) is 14.6. The van der Waals surface area contributed by atoms with Crippen LogP contribution in [0.1, 0.15) is 149 Å². The minimum absolute atomic E-state index is 0.104. The van der Waals surface area contributed by atoms with Crippen LogP contribution in [0.5, 0.6) is 11.5 Å². The second-order valence-corrected chi connectivity index (χ2v) is 19.0. The van der Waals surface area contributed by atoms with E-state index in [4.69, 9.17) is 18.9 Å². The SMILES string of the molecule is CC(c1ccccc1)c1cc(CN(C)Cc2cc(C(C)c3ccccc3)c(OC(=O)OC(C)(C)C)c(C(C)c3ccccc3)c2)cc(C(C)c2ccccc2)c1OC(=O)OC(C)(C)C. The highest BCUT2D eigenvalue weighted by molar-refractivity contribution is 5.69. The van der Waals surface area contributed by atoms with Crippen LogP contribution in [0.3, 0.4) is 0 Å². The highest BCUT2D eigenvalue weighted by atomic mass is 16.7. The molecule has 0 N–H and O–H groups in total. The fraction of sp³-hybridized carbons (Fsp3) is 0.333. The van der Waals surface area contributed by atoms with E-state index < -0.39 is 23.5 Å². The van der Waals surface area contributed by atoms with Crippen molar-refractivity contribution in [3.8, 4) is 11.5 Å². The van der Waals surface area contributed by atoms with Crippen molar-refractivity contribution in [2.45, 2.75) is 117 Å². The van der Waals surface area contributed by atoms with Crippen LogP contribution in [0.4, 0.5) is 9.59 Å². The summed E-state index contributed by atoms with van der Waals surface area (Å²) in [7, 11) is 2.12. The molecule has 4 unspecified atom stereocenters. The number of ether oxygens (including phenoxy) is 4. The summed E-state index contributed by atoms with van der Waals surface area (Å²) in [5.74, 6) is 0.625. The fourth-order valence-electron chi connectivity index (χ4n) is 8.26. The van der Waals surface area contributed by atoms with Crippen molar-refractivity contribution in [2.24, 2.45) is 0 Å². The lowest BCUT2D eigenvalue weighted by atomic mass is 9.84. The molecule has 0 aromatic heterocycles. The van der Waals surface area contributed by atoms with Crippen LogP contribution >= 0.6 is 0 Å². The maximum atomic E-state index is 13.5. The summed E-state index contributed by atoms with van der Waals surface area (Å²) in [5, 5.41) is 0. The van der Waals surface area contributed by atoms with Crippen LogP contribution in [0, 0.1) is 0 Å². The Morgan fingerprint density at radius 3 is 0.891 bits per heavy atom. The lowest BCUT2D eigenvalue weighted by Crippen LogP contribution is -2.27. The first kappa shape index (κ1) is 47.3. The molecule has 6 rings (SSSR count).